The Morgan fingerprint density at radius 2 is 1.47 bits per heavy atom. The van der Waals surface area contributed by atoms with Crippen LogP contribution in [0.5, 0.6) is 0 Å². The van der Waals surface area contributed by atoms with Gasteiger partial charge in [0, 0.05) is 6.61 Å². The van der Waals surface area contributed by atoms with Crippen LogP contribution in [0.25, 0.3) is 0 Å². The van der Waals surface area contributed by atoms with Gasteiger partial charge in [-0.3, -0.25) is 4.79 Å². The molecule has 0 spiro atoms. The van der Waals surface area contributed by atoms with E-state index in [-0.39, 0.29) is 5.04 Å². The molecule has 0 bridgehead atoms. The van der Waals surface area contributed by atoms with Crippen molar-refractivity contribution in [2.24, 2.45) is 11.3 Å². The second kappa shape index (κ2) is 9.76. The van der Waals surface area contributed by atoms with E-state index in [9.17, 15) is 9.90 Å². The van der Waals surface area contributed by atoms with E-state index in [1.807, 2.05) is 26.0 Å². The minimum Gasteiger partial charge on any atom is -0.481 e. The van der Waals surface area contributed by atoms with Crippen LogP contribution in [0.4, 0.5) is 0 Å². The molecule has 0 aromatic heterocycles. The molecule has 1 N–H and O–H groups in total. The Balaban J connectivity index is 2.33. The highest BCUT2D eigenvalue weighted by Gasteiger charge is 2.50. The van der Waals surface area contributed by atoms with Crippen LogP contribution in [0.15, 0.2) is 73.3 Å². The molecule has 4 heteroatoms. The lowest BCUT2D eigenvalue weighted by molar-refractivity contribution is -0.145. The van der Waals surface area contributed by atoms with Crippen LogP contribution in [-0.4, -0.2) is 26.0 Å². The average molecular weight is 425 g/mol. The minimum atomic E-state index is -2.57. The molecule has 30 heavy (non-hydrogen) atoms. The van der Waals surface area contributed by atoms with E-state index in [2.05, 4.69) is 75.9 Å². The SMILES string of the molecule is C=CC(C)(C)[C@@H](CCCO[Si](c1ccccc1)(c1ccccc1)C(C)(C)C)C(=O)O. The number of allylic oxidation sites excluding steroid dienone is 1. The van der Waals surface area contributed by atoms with Crippen molar-refractivity contribution in [3.05, 3.63) is 73.3 Å². The summed E-state index contributed by atoms with van der Waals surface area (Å²) < 4.78 is 6.86. The lowest BCUT2D eigenvalue weighted by Crippen LogP contribution is -2.66. The number of benzene rings is 2. The molecule has 3 nitrogen and oxygen atoms in total. The van der Waals surface area contributed by atoms with Gasteiger partial charge in [0.05, 0.1) is 5.92 Å². The van der Waals surface area contributed by atoms with Gasteiger partial charge in [-0.15, -0.1) is 6.58 Å². The van der Waals surface area contributed by atoms with Gasteiger partial charge >= 0.3 is 5.97 Å². The topological polar surface area (TPSA) is 46.5 Å². The first kappa shape index (κ1) is 24.1. The Hall–Kier alpha value is -2.17. The fourth-order valence-electron chi connectivity index (χ4n) is 4.23. The van der Waals surface area contributed by atoms with Gasteiger partial charge in [0.15, 0.2) is 0 Å². The number of aliphatic carboxylic acids is 1. The quantitative estimate of drug-likeness (QED) is 0.322. The summed E-state index contributed by atoms with van der Waals surface area (Å²) in [4.78, 5) is 11.8. The molecule has 0 fully saturated rings. The van der Waals surface area contributed by atoms with Crippen molar-refractivity contribution in [2.45, 2.75) is 52.5 Å². The summed E-state index contributed by atoms with van der Waals surface area (Å²) >= 11 is 0. The molecule has 1 atom stereocenters. The van der Waals surface area contributed by atoms with Gasteiger partial charge in [-0.1, -0.05) is 101 Å². The van der Waals surface area contributed by atoms with Gasteiger partial charge < -0.3 is 9.53 Å². The highest BCUT2D eigenvalue weighted by atomic mass is 28.4. The zero-order valence-corrected chi connectivity index (χ0v) is 20.0. The zero-order chi connectivity index (χ0) is 22.4. The zero-order valence-electron chi connectivity index (χ0n) is 19.0. The molecule has 0 aliphatic rings. The predicted molar refractivity (Wildman–Crippen MR) is 128 cm³/mol. The maximum Gasteiger partial charge on any atom is 0.307 e. The molecule has 2 rings (SSSR count). The van der Waals surface area contributed by atoms with E-state index in [0.29, 0.717) is 19.4 Å². The van der Waals surface area contributed by atoms with E-state index in [0.717, 1.165) is 0 Å². The highest BCUT2D eigenvalue weighted by molar-refractivity contribution is 6.99. The molecule has 0 aliphatic carbocycles. The number of carbonyl (C=O) groups is 1. The summed E-state index contributed by atoms with van der Waals surface area (Å²) in [6.45, 7) is 15.0. The molecular formula is C26H36O3Si. The van der Waals surface area contributed by atoms with E-state index in [1.165, 1.54) is 10.4 Å². The third kappa shape index (κ3) is 5.11. The summed E-state index contributed by atoms with van der Waals surface area (Å²) in [6, 6.07) is 21.0. The Labute approximate surface area is 182 Å². The number of rotatable bonds is 10. The number of hydrogen-bond acceptors (Lipinski definition) is 2. The fourth-order valence-corrected chi connectivity index (χ4v) is 8.84. The Morgan fingerprint density at radius 3 is 1.83 bits per heavy atom. The van der Waals surface area contributed by atoms with Gasteiger partial charge in [0.1, 0.15) is 0 Å². The first-order chi connectivity index (χ1) is 14.1. The van der Waals surface area contributed by atoms with Gasteiger partial charge in [-0.25, -0.2) is 0 Å². The van der Waals surface area contributed by atoms with Gasteiger partial charge in [-0.2, -0.15) is 0 Å². The largest absolute Gasteiger partial charge is 0.481 e. The molecule has 162 valence electrons. The lowest BCUT2D eigenvalue weighted by atomic mass is 9.76. The summed E-state index contributed by atoms with van der Waals surface area (Å²) in [6.07, 6.45) is 3.00. The van der Waals surface area contributed by atoms with Crippen molar-refractivity contribution in [3.8, 4) is 0 Å². The second-order valence-electron chi connectivity index (χ2n) is 9.57. The summed E-state index contributed by atoms with van der Waals surface area (Å²) in [5.74, 6) is -1.25. The molecule has 0 radical (unpaired) electrons. The number of hydrogen-bond donors (Lipinski definition) is 1. The standard InChI is InChI=1S/C26H36O3Si/c1-7-26(5,6)23(24(27)28)19-14-20-29-30(25(2,3)4,21-15-10-8-11-16-21)22-17-12-9-13-18-22/h7-13,15-18,23H,1,14,19-20H2,2-6H3,(H,27,28)/t23-/m0/s1. The maximum absolute atomic E-state index is 11.8. The molecule has 0 heterocycles. The first-order valence-electron chi connectivity index (χ1n) is 10.7. The molecular weight excluding hydrogens is 388 g/mol. The van der Waals surface area contributed by atoms with E-state index < -0.39 is 25.6 Å². The van der Waals surface area contributed by atoms with Crippen molar-refractivity contribution < 1.29 is 14.3 Å². The molecule has 0 aliphatic heterocycles. The van der Waals surface area contributed by atoms with Crippen LogP contribution in [0, 0.1) is 11.3 Å². The van der Waals surface area contributed by atoms with Gasteiger partial charge in [0.25, 0.3) is 8.32 Å². The lowest BCUT2D eigenvalue weighted by Gasteiger charge is -2.43. The van der Waals surface area contributed by atoms with Gasteiger partial charge in [0.2, 0.25) is 0 Å². The van der Waals surface area contributed by atoms with Crippen LogP contribution < -0.4 is 10.4 Å². The third-order valence-electron chi connectivity index (χ3n) is 6.09. The maximum atomic E-state index is 11.8. The van der Waals surface area contributed by atoms with E-state index in [1.54, 1.807) is 6.08 Å². The molecule has 2 aromatic carbocycles. The van der Waals surface area contributed by atoms with Crippen LogP contribution in [0.1, 0.15) is 47.5 Å². The van der Waals surface area contributed by atoms with Crippen molar-refractivity contribution in [3.63, 3.8) is 0 Å². The van der Waals surface area contributed by atoms with Crippen molar-refractivity contribution in [1.82, 2.24) is 0 Å². The molecule has 0 saturated heterocycles. The highest BCUT2D eigenvalue weighted by Crippen LogP contribution is 2.37. The van der Waals surface area contributed by atoms with Gasteiger partial charge in [-0.05, 0) is 33.7 Å². The normalized spacial score (nSPS) is 13.6. The second-order valence-corrected chi connectivity index (χ2v) is 13.9. The van der Waals surface area contributed by atoms with Crippen LogP contribution >= 0.6 is 0 Å². The van der Waals surface area contributed by atoms with Crippen LogP contribution in [-0.2, 0) is 9.22 Å². The number of carboxylic acid groups (broad SMARTS) is 1. The van der Waals surface area contributed by atoms with E-state index >= 15 is 0 Å². The predicted octanol–water partition coefficient (Wildman–Crippen LogP) is 5.26. The molecule has 0 amide bonds. The number of carboxylic acids is 1. The monoisotopic (exact) mass is 424 g/mol. The fraction of sp³-hybridized carbons (Fsp3) is 0.423. The first-order valence-corrected chi connectivity index (χ1v) is 12.6. The van der Waals surface area contributed by atoms with E-state index in [4.69, 9.17) is 4.43 Å². The minimum absolute atomic E-state index is 0.0811. The van der Waals surface area contributed by atoms with Crippen molar-refractivity contribution in [1.29, 1.82) is 0 Å². The third-order valence-corrected chi connectivity index (χ3v) is 11.1. The summed E-state index contributed by atoms with van der Waals surface area (Å²) in [7, 11) is -2.57. The molecule has 2 aromatic rings. The summed E-state index contributed by atoms with van der Waals surface area (Å²) in [5.41, 5.74) is -0.455. The van der Waals surface area contributed by atoms with Crippen molar-refractivity contribution in [2.75, 3.05) is 6.61 Å². The Bertz CT molecular complexity index is 783. The van der Waals surface area contributed by atoms with Crippen molar-refractivity contribution >= 4 is 24.7 Å². The smallest absolute Gasteiger partial charge is 0.307 e. The van der Waals surface area contributed by atoms with Crippen LogP contribution in [0.2, 0.25) is 5.04 Å². The average Bonchev–Trinajstić information content (AvgIpc) is 2.70. The Morgan fingerprint density at radius 1 is 1.00 bits per heavy atom. The van der Waals surface area contributed by atoms with Crippen LogP contribution in [0.3, 0.4) is 0 Å². The Kier molecular flexibility index (Phi) is 7.84. The summed E-state index contributed by atoms with van der Waals surface area (Å²) in [5, 5.41) is 12.1. The molecule has 0 unspecified atom stereocenters. The molecule has 0 saturated carbocycles.